The first-order valence-corrected chi connectivity index (χ1v) is 7.26. The van der Waals surface area contributed by atoms with Gasteiger partial charge in [-0.05, 0) is 30.5 Å². The Bertz CT molecular complexity index is 436. The molecule has 0 aromatic heterocycles. The van der Waals surface area contributed by atoms with Crippen LogP contribution in [0.25, 0.3) is 0 Å². The summed E-state index contributed by atoms with van der Waals surface area (Å²) in [5.74, 6) is 0.277. The molecule has 1 aliphatic rings. The van der Waals surface area contributed by atoms with Crippen LogP contribution in [0.5, 0.6) is 0 Å². The Morgan fingerprint density at radius 2 is 2.21 bits per heavy atom. The molecule has 1 N–H and O–H groups in total. The van der Waals surface area contributed by atoms with Crippen molar-refractivity contribution in [2.75, 3.05) is 13.1 Å². The first-order valence-electron chi connectivity index (χ1n) is 6.88. The van der Waals surface area contributed by atoms with E-state index in [9.17, 15) is 4.39 Å². The molecule has 19 heavy (non-hydrogen) atoms. The molecular weight excluding hydrogens is 263 g/mol. The maximum atomic E-state index is 13.5. The highest BCUT2D eigenvalue weighted by Gasteiger charge is 2.26. The average molecular weight is 285 g/mol. The van der Waals surface area contributed by atoms with Crippen molar-refractivity contribution in [3.05, 3.63) is 34.6 Å². The molecule has 1 aromatic rings. The van der Waals surface area contributed by atoms with Gasteiger partial charge in [0, 0.05) is 31.7 Å². The molecule has 1 fully saturated rings. The molecule has 0 saturated carbocycles. The van der Waals surface area contributed by atoms with Crippen LogP contribution in [0.2, 0.25) is 5.02 Å². The summed E-state index contributed by atoms with van der Waals surface area (Å²) in [7, 11) is 0. The minimum atomic E-state index is -0.331. The predicted octanol–water partition coefficient (Wildman–Crippen LogP) is 3.30. The van der Waals surface area contributed by atoms with E-state index in [2.05, 4.69) is 31.0 Å². The molecule has 1 aliphatic heterocycles. The number of nitrogens with one attached hydrogen (secondary N) is 1. The summed E-state index contributed by atoms with van der Waals surface area (Å²) in [5.41, 5.74) is 0.984. The van der Waals surface area contributed by atoms with Gasteiger partial charge in [-0.15, -0.1) is 0 Å². The van der Waals surface area contributed by atoms with Crippen molar-refractivity contribution in [2.24, 2.45) is 5.92 Å². The normalized spacial score (nSPS) is 24.9. The highest BCUT2D eigenvalue weighted by Crippen LogP contribution is 2.19. The molecule has 0 aliphatic carbocycles. The molecule has 2 unspecified atom stereocenters. The second kappa shape index (κ2) is 6.21. The van der Waals surface area contributed by atoms with Gasteiger partial charge in [0.25, 0.3) is 0 Å². The standard InChI is InChI=1S/C15H22ClFN2/c1-10(2)15-9-19(11(3)7-18-15)8-12-4-5-13(16)14(17)6-12/h4-6,10-11,15,18H,7-9H2,1-3H3. The Labute approximate surface area is 119 Å². The largest absolute Gasteiger partial charge is 0.311 e. The third kappa shape index (κ3) is 3.68. The van der Waals surface area contributed by atoms with Crippen molar-refractivity contribution in [3.8, 4) is 0 Å². The fourth-order valence-corrected chi connectivity index (χ4v) is 2.61. The van der Waals surface area contributed by atoms with Crippen LogP contribution in [-0.2, 0) is 6.54 Å². The van der Waals surface area contributed by atoms with Gasteiger partial charge in [0.2, 0.25) is 0 Å². The van der Waals surface area contributed by atoms with Crippen LogP contribution in [0.4, 0.5) is 4.39 Å². The zero-order valence-corrected chi connectivity index (χ0v) is 12.5. The Morgan fingerprint density at radius 1 is 1.47 bits per heavy atom. The van der Waals surface area contributed by atoms with E-state index in [0.29, 0.717) is 18.0 Å². The lowest BCUT2D eigenvalue weighted by molar-refractivity contribution is 0.116. The lowest BCUT2D eigenvalue weighted by atomic mass is 9.99. The summed E-state index contributed by atoms with van der Waals surface area (Å²) in [5, 5.41) is 3.76. The number of hydrogen-bond donors (Lipinski definition) is 1. The molecular formula is C15H22ClFN2. The molecule has 2 atom stereocenters. The van der Waals surface area contributed by atoms with Crippen LogP contribution >= 0.6 is 11.6 Å². The van der Waals surface area contributed by atoms with Gasteiger partial charge in [-0.25, -0.2) is 4.39 Å². The van der Waals surface area contributed by atoms with E-state index in [4.69, 9.17) is 11.6 Å². The van der Waals surface area contributed by atoms with E-state index in [1.54, 1.807) is 12.1 Å². The Balaban J connectivity index is 2.05. The van der Waals surface area contributed by atoms with Crippen LogP contribution in [-0.4, -0.2) is 30.1 Å². The van der Waals surface area contributed by atoms with Crippen molar-refractivity contribution in [2.45, 2.75) is 39.4 Å². The Morgan fingerprint density at radius 3 is 2.84 bits per heavy atom. The van der Waals surface area contributed by atoms with Crippen LogP contribution in [0.3, 0.4) is 0 Å². The molecule has 106 valence electrons. The predicted molar refractivity (Wildman–Crippen MR) is 77.9 cm³/mol. The van der Waals surface area contributed by atoms with Gasteiger partial charge < -0.3 is 5.32 Å². The smallest absolute Gasteiger partial charge is 0.142 e. The highest BCUT2D eigenvalue weighted by molar-refractivity contribution is 6.30. The summed E-state index contributed by atoms with van der Waals surface area (Å²) in [6.45, 7) is 9.43. The van der Waals surface area contributed by atoms with Crippen LogP contribution < -0.4 is 5.32 Å². The van der Waals surface area contributed by atoms with Crippen molar-refractivity contribution in [3.63, 3.8) is 0 Å². The van der Waals surface area contributed by atoms with E-state index >= 15 is 0 Å². The zero-order valence-electron chi connectivity index (χ0n) is 11.8. The maximum absolute atomic E-state index is 13.5. The topological polar surface area (TPSA) is 15.3 Å². The molecule has 2 rings (SSSR count). The lowest BCUT2D eigenvalue weighted by Gasteiger charge is -2.40. The summed E-state index contributed by atoms with van der Waals surface area (Å²) < 4.78 is 13.5. The highest BCUT2D eigenvalue weighted by atomic mass is 35.5. The summed E-state index contributed by atoms with van der Waals surface area (Å²) in [6.07, 6.45) is 0. The number of piperazine rings is 1. The van der Waals surface area contributed by atoms with Gasteiger partial charge in [0.15, 0.2) is 0 Å². The first kappa shape index (κ1) is 14.8. The fraction of sp³-hybridized carbons (Fsp3) is 0.600. The van der Waals surface area contributed by atoms with Crippen molar-refractivity contribution in [1.82, 2.24) is 10.2 Å². The van der Waals surface area contributed by atoms with Crippen molar-refractivity contribution >= 4 is 11.6 Å². The number of rotatable bonds is 3. The Kier molecular flexibility index (Phi) is 4.82. The quantitative estimate of drug-likeness (QED) is 0.916. The number of hydrogen-bond acceptors (Lipinski definition) is 2. The molecule has 1 aromatic carbocycles. The van der Waals surface area contributed by atoms with Crippen LogP contribution in [0, 0.1) is 11.7 Å². The second-order valence-corrected chi connectivity index (χ2v) is 6.19. The maximum Gasteiger partial charge on any atom is 0.142 e. The van der Waals surface area contributed by atoms with E-state index in [0.717, 1.165) is 25.2 Å². The first-order chi connectivity index (χ1) is 8.97. The molecule has 0 spiro atoms. The summed E-state index contributed by atoms with van der Waals surface area (Å²) in [4.78, 5) is 2.41. The van der Waals surface area contributed by atoms with Crippen molar-refractivity contribution < 1.29 is 4.39 Å². The summed E-state index contributed by atoms with van der Waals surface area (Å²) >= 11 is 5.72. The monoisotopic (exact) mass is 284 g/mol. The van der Waals surface area contributed by atoms with E-state index in [-0.39, 0.29) is 10.8 Å². The van der Waals surface area contributed by atoms with Crippen LogP contribution in [0.15, 0.2) is 18.2 Å². The molecule has 1 heterocycles. The molecule has 1 saturated heterocycles. The molecule has 4 heteroatoms. The minimum Gasteiger partial charge on any atom is -0.311 e. The Hall–Kier alpha value is -0.640. The summed E-state index contributed by atoms with van der Waals surface area (Å²) in [6, 6.07) is 6.06. The number of halogens is 2. The zero-order chi connectivity index (χ0) is 14.0. The van der Waals surface area contributed by atoms with E-state index < -0.39 is 0 Å². The van der Waals surface area contributed by atoms with Gasteiger partial charge in [-0.1, -0.05) is 31.5 Å². The molecule has 0 bridgehead atoms. The average Bonchev–Trinajstić information content (AvgIpc) is 2.36. The molecule has 0 radical (unpaired) electrons. The molecule has 0 amide bonds. The van der Waals surface area contributed by atoms with Crippen molar-refractivity contribution in [1.29, 1.82) is 0 Å². The van der Waals surface area contributed by atoms with E-state index in [1.807, 2.05) is 6.07 Å². The third-order valence-electron chi connectivity index (χ3n) is 3.90. The lowest BCUT2D eigenvalue weighted by Crippen LogP contribution is -2.56. The van der Waals surface area contributed by atoms with Gasteiger partial charge in [0.05, 0.1) is 5.02 Å². The van der Waals surface area contributed by atoms with Crippen LogP contribution in [0.1, 0.15) is 26.3 Å². The van der Waals surface area contributed by atoms with Gasteiger partial charge in [-0.2, -0.15) is 0 Å². The van der Waals surface area contributed by atoms with Gasteiger partial charge >= 0.3 is 0 Å². The number of nitrogens with zero attached hydrogens (tertiary/aromatic N) is 1. The SMILES string of the molecule is CC(C)C1CN(Cc2ccc(Cl)c(F)c2)C(C)CN1. The number of benzene rings is 1. The van der Waals surface area contributed by atoms with E-state index in [1.165, 1.54) is 0 Å². The molecule has 2 nitrogen and oxygen atoms in total. The fourth-order valence-electron chi connectivity index (χ4n) is 2.49. The van der Waals surface area contributed by atoms with Gasteiger partial charge in [-0.3, -0.25) is 4.90 Å². The second-order valence-electron chi connectivity index (χ2n) is 5.79. The third-order valence-corrected chi connectivity index (χ3v) is 4.21. The minimum absolute atomic E-state index is 0.192. The van der Waals surface area contributed by atoms with Gasteiger partial charge in [0.1, 0.15) is 5.82 Å².